The van der Waals surface area contributed by atoms with E-state index in [1.54, 1.807) is 10.8 Å². The number of para-hydroxylation sites is 1. The number of nitrogens with zero attached hydrogens (tertiary/aromatic N) is 6. The van der Waals surface area contributed by atoms with E-state index in [4.69, 9.17) is 0 Å². The Kier molecular flexibility index (Phi) is 6.02. The Morgan fingerprint density at radius 3 is 2.61 bits per heavy atom. The van der Waals surface area contributed by atoms with Gasteiger partial charge in [-0.05, 0) is 30.5 Å². The van der Waals surface area contributed by atoms with E-state index in [0.717, 1.165) is 24.2 Å². The van der Waals surface area contributed by atoms with Gasteiger partial charge in [0.15, 0.2) is 5.16 Å². The first-order chi connectivity index (χ1) is 17.7. The minimum absolute atomic E-state index is 0.121. The van der Waals surface area contributed by atoms with Crippen LogP contribution in [0.5, 0.6) is 0 Å². The van der Waals surface area contributed by atoms with Gasteiger partial charge in [-0.25, -0.2) is 4.68 Å². The second kappa shape index (κ2) is 9.62. The highest BCUT2D eigenvalue weighted by Crippen LogP contribution is 2.31. The van der Waals surface area contributed by atoms with Crippen LogP contribution in [-0.4, -0.2) is 40.6 Å². The molecule has 1 aliphatic carbocycles. The Morgan fingerprint density at radius 2 is 1.78 bits per heavy atom. The lowest BCUT2D eigenvalue weighted by Crippen LogP contribution is -2.24. The van der Waals surface area contributed by atoms with E-state index in [0.29, 0.717) is 34.4 Å². The van der Waals surface area contributed by atoms with Crippen LogP contribution in [0, 0.1) is 0 Å². The average molecular weight is 500 g/mol. The minimum atomic E-state index is -0.140. The number of thioether (sulfide) groups is 1. The zero-order valence-corrected chi connectivity index (χ0v) is 20.4. The highest BCUT2D eigenvalue weighted by Gasteiger charge is 2.21. The summed E-state index contributed by atoms with van der Waals surface area (Å²) < 4.78 is 5.42. The topological polar surface area (TPSA) is 99.1 Å². The summed E-state index contributed by atoms with van der Waals surface area (Å²) >= 11 is 1.29. The van der Waals surface area contributed by atoms with E-state index < -0.39 is 0 Å². The molecule has 0 radical (unpaired) electrons. The molecule has 1 saturated carbocycles. The summed E-state index contributed by atoms with van der Waals surface area (Å²) in [6, 6.07) is 19.4. The molecule has 5 aromatic rings. The number of carbonyl (C=O) groups is 1. The van der Waals surface area contributed by atoms with E-state index in [-0.39, 0.29) is 17.2 Å². The van der Waals surface area contributed by atoms with Crippen molar-refractivity contribution < 1.29 is 4.79 Å². The molecule has 6 rings (SSSR count). The highest BCUT2D eigenvalue weighted by atomic mass is 32.2. The van der Waals surface area contributed by atoms with Gasteiger partial charge in [0.1, 0.15) is 5.82 Å². The van der Waals surface area contributed by atoms with Crippen molar-refractivity contribution in [3.8, 4) is 0 Å². The molecule has 1 amide bonds. The lowest BCUT2D eigenvalue weighted by Gasteiger charge is -2.14. The number of hydrogen-bond donors (Lipinski definition) is 1. The van der Waals surface area contributed by atoms with Gasteiger partial charge in [-0.3, -0.25) is 18.6 Å². The van der Waals surface area contributed by atoms with Crippen LogP contribution in [-0.2, 0) is 11.3 Å². The van der Waals surface area contributed by atoms with Crippen molar-refractivity contribution in [1.82, 2.24) is 28.9 Å². The molecule has 0 spiro atoms. The maximum absolute atomic E-state index is 13.3. The van der Waals surface area contributed by atoms with Gasteiger partial charge >= 0.3 is 0 Å². The maximum atomic E-state index is 13.3. The summed E-state index contributed by atoms with van der Waals surface area (Å²) in [5.41, 5.74) is 1.59. The van der Waals surface area contributed by atoms with Crippen molar-refractivity contribution >= 4 is 40.2 Å². The van der Waals surface area contributed by atoms with E-state index in [1.165, 1.54) is 24.6 Å². The Bertz CT molecular complexity index is 1600. The van der Waals surface area contributed by atoms with Crippen molar-refractivity contribution in [2.75, 3.05) is 11.1 Å². The molecule has 182 valence electrons. The first kappa shape index (κ1) is 22.5. The molecule has 3 heterocycles. The predicted molar refractivity (Wildman–Crippen MR) is 139 cm³/mol. The van der Waals surface area contributed by atoms with Gasteiger partial charge in [-0.15, -0.1) is 10.2 Å². The zero-order valence-electron chi connectivity index (χ0n) is 19.6. The molecule has 0 unspecified atom stereocenters. The van der Waals surface area contributed by atoms with Crippen LogP contribution in [0.2, 0.25) is 0 Å². The maximum Gasteiger partial charge on any atom is 0.263 e. The minimum Gasteiger partial charge on any atom is -0.310 e. The molecular weight excluding hydrogens is 474 g/mol. The second-order valence-electron chi connectivity index (χ2n) is 8.95. The van der Waals surface area contributed by atoms with Gasteiger partial charge < -0.3 is 5.32 Å². The lowest BCUT2D eigenvalue weighted by atomic mass is 10.2. The van der Waals surface area contributed by atoms with Gasteiger partial charge in [0.05, 0.1) is 35.4 Å². The summed E-state index contributed by atoms with van der Waals surface area (Å²) in [6.45, 7) is 0.377. The smallest absolute Gasteiger partial charge is 0.263 e. The third kappa shape index (κ3) is 4.17. The Hall–Kier alpha value is -3.92. The summed E-state index contributed by atoms with van der Waals surface area (Å²) in [4.78, 5) is 26.2. The Morgan fingerprint density at radius 1 is 1.00 bits per heavy atom. The molecule has 10 heteroatoms. The van der Waals surface area contributed by atoms with Crippen molar-refractivity contribution in [2.24, 2.45) is 0 Å². The largest absolute Gasteiger partial charge is 0.310 e. The van der Waals surface area contributed by atoms with E-state index >= 15 is 0 Å². The SMILES string of the molecule is O=C(CSc1nnc2n(Cc3ccccc3)c(=O)c3ccccc3n12)Nc1ccnn1C1CCCC1. The normalized spacial score (nSPS) is 14.1. The first-order valence-electron chi connectivity index (χ1n) is 12.1. The van der Waals surface area contributed by atoms with Crippen molar-refractivity contribution in [3.05, 3.63) is 82.8 Å². The third-order valence-corrected chi connectivity index (χ3v) is 7.53. The number of rotatable bonds is 7. The molecular formula is C26H25N7O2S. The fourth-order valence-corrected chi connectivity index (χ4v) is 5.64. The fraction of sp³-hybridized carbons (Fsp3) is 0.269. The van der Waals surface area contributed by atoms with Crippen molar-refractivity contribution in [1.29, 1.82) is 0 Å². The molecule has 9 nitrogen and oxygen atoms in total. The van der Waals surface area contributed by atoms with Crippen LogP contribution in [0.25, 0.3) is 16.7 Å². The molecule has 0 aliphatic heterocycles. The Balaban J connectivity index is 1.29. The van der Waals surface area contributed by atoms with Crippen molar-refractivity contribution in [3.63, 3.8) is 0 Å². The van der Waals surface area contributed by atoms with Gasteiger partial charge in [0.2, 0.25) is 11.7 Å². The molecule has 1 fully saturated rings. The quantitative estimate of drug-likeness (QED) is 0.338. The number of anilines is 1. The third-order valence-electron chi connectivity index (χ3n) is 6.60. The average Bonchev–Trinajstić information content (AvgIpc) is 3.67. The Labute approximate surface area is 211 Å². The lowest BCUT2D eigenvalue weighted by molar-refractivity contribution is -0.113. The van der Waals surface area contributed by atoms with Crippen LogP contribution in [0.3, 0.4) is 0 Å². The number of carbonyl (C=O) groups excluding carboxylic acids is 1. The number of fused-ring (bicyclic) bond motifs is 3. The van der Waals surface area contributed by atoms with Gasteiger partial charge in [-0.2, -0.15) is 5.10 Å². The summed E-state index contributed by atoms with van der Waals surface area (Å²) in [7, 11) is 0. The van der Waals surface area contributed by atoms with Crippen molar-refractivity contribution in [2.45, 2.75) is 43.4 Å². The molecule has 0 atom stereocenters. The number of nitrogens with one attached hydrogen (secondary N) is 1. The highest BCUT2D eigenvalue weighted by molar-refractivity contribution is 7.99. The first-order valence-corrected chi connectivity index (χ1v) is 13.0. The van der Waals surface area contributed by atoms with E-state index in [2.05, 4.69) is 20.6 Å². The molecule has 36 heavy (non-hydrogen) atoms. The monoisotopic (exact) mass is 499 g/mol. The number of benzene rings is 2. The predicted octanol–water partition coefficient (Wildman–Crippen LogP) is 4.13. The summed E-state index contributed by atoms with van der Waals surface area (Å²) in [5.74, 6) is 1.19. The van der Waals surface area contributed by atoms with E-state index in [9.17, 15) is 9.59 Å². The number of amides is 1. The summed E-state index contributed by atoms with van der Waals surface area (Å²) in [5, 5.41) is 17.3. The van der Waals surface area contributed by atoms with Gasteiger partial charge in [-0.1, -0.05) is 67.1 Å². The number of hydrogen-bond acceptors (Lipinski definition) is 6. The zero-order chi connectivity index (χ0) is 24.5. The van der Waals surface area contributed by atoms with Crippen LogP contribution in [0.4, 0.5) is 5.82 Å². The van der Waals surface area contributed by atoms with Crippen LogP contribution in [0.15, 0.2) is 76.8 Å². The molecule has 3 aromatic heterocycles. The molecule has 0 saturated heterocycles. The van der Waals surface area contributed by atoms with E-state index in [1.807, 2.05) is 69.7 Å². The standard InChI is InChI=1S/C26H25N7O2S/c34-23(28-22-14-15-27-33(22)19-10-4-5-11-19)17-36-26-30-29-25-31(16-18-8-2-1-3-9-18)24(35)20-12-6-7-13-21(20)32(25)26/h1-3,6-9,12-15,19H,4-5,10-11,16-17H2,(H,28,34). The molecule has 2 aromatic carbocycles. The molecule has 0 bridgehead atoms. The van der Waals surface area contributed by atoms with Crippen LogP contribution in [0.1, 0.15) is 37.3 Å². The second-order valence-corrected chi connectivity index (χ2v) is 9.89. The van der Waals surface area contributed by atoms with Crippen LogP contribution < -0.4 is 10.9 Å². The summed E-state index contributed by atoms with van der Waals surface area (Å²) in [6.07, 6.45) is 6.28. The van der Waals surface area contributed by atoms with Gasteiger partial charge in [0, 0.05) is 6.07 Å². The molecule has 1 N–H and O–H groups in total. The molecule has 1 aliphatic rings. The fourth-order valence-electron chi connectivity index (χ4n) is 4.90. The number of aromatic nitrogens is 6. The van der Waals surface area contributed by atoms with Crippen LogP contribution >= 0.6 is 11.8 Å². The van der Waals surface area contributed by atoms with Gasteiger partial charge in [0.25, 0.3) is 5.56 Å².